The molecule has 17 heavy (non-hydrogen) atoms. The molecule has 0 spiro atoms. The molecule has 2 aliphatic heterocycles. The molecule has 1 amide bonds. The van der Waals surface area contributed by atoms with Gasteiger partial charge in [-0.15, -0.1) is 0 Å². The number of nitrogens with two attached hydrogens (primary N) is 1. The number of aromatic nitrogens is 1. The zero-order valence-electron chi connectivity index (χ0n) is 9.85. The molecule has 1 aromatic heterocycles. The first-order valence-corrected chi connectivity index (χ1v) is 6.21. The number of anilines is 1. The van der Waals surface area contributed by atoms with Crippen LogP contribution < -0.4 is 5.73 Å². The standard InChI is InChI=1S/C12H18N4O/c13-9-6-11(14-7-9)12(17)16-5-4-15-3-1-2-10(15)8-16/h6-7,10,14H,1-5,8,13H2. The molecule has 5 nitrogen and oxygen atoms in total. The minimum Gasteiger partial charge on any atom is -0.397 e. The van der Waals surface area contributed by atoms with Gasteiger partial charge in [0.25, 0.3) is 5.91 Å². The Hall–Kier alpha value is -1.49. The molecule has 92 valence electrons. The van der Waals surface area contributed by atoms with E-state index in [1.165, 1.54) is 19.4 Å². The number of aromatic amines is 1. The summed E-state index contributed by atoms with van der Waals surface area (Å²) in [5.41, 5.74) is 6.85. The molecule has 3 rings (SSSR count). The lowest BCUT2D eigenvalue weighted by Gasteiger charge is -2.37. The van der Waals surface area contributed by atoms with E-state index in [1.54, 1.807) is 12.3 Å². The van der Waals surface area contributed by atoms with Crippen molar-refractivity contribution in [2.24, 2.45) is 0 Å². The van der Waals surface area contributed by atoms with Gasteiger partial charge in [-0.2, -0.15) is 0 Å². The van der Waals surface area contributed by atoms with Crippen molar-refractivity contribution in [1.82, 2.24) is 14.8 Å². The quantitative estimate of drug-likeness (QED) is 0.744. The zero-order chi connectivity index (χ0) is 11.8. The van der Waals surface area contributed by atoms with Crippen molar-refractivity contribution in [3.63, 3.8) is 0 Å². The molecule has 0 radical (unpaired) electrons. The maximum Gasteiger partial charge on any atom is 0.270 e. The highest BCUT2D eigenvalue weighted by molar-refractivity contribution is 5.93. The van der Waals surface area contributed by atoms with Crippen molar-refractivity contribution >= 4 is 11.6 Å². The van der Waals surface area contributed by atoms with Crippen LogP contribution in [-0.2, 0) is 0 Å². The van der Waals surface area contributed by atoms with E-state index in [1.807, 2.05) is 4.90 Å². The topological polar surface area (TPSA) is 65.4 Å². The third-order valence-electron chi connectivity index (χ3n) is 3.81. The van der Waals surface area contributed by atoms with Gasteiger partial charge in [-0.05, 0) is 25.5 Å². The van der Waals surface area contributed by atoms with Crippen molar-refractivity contribution < 1.29 is 4.79 Å². The summed E-state index contributed by atoms with van der Waals surface area (Å²) < 4.78 is 0. The Morgan fingerprint density at radius 1 is 1.41 bits per heavy atom. The third-order valence-corrected chi connectivity index (χ3v) is 3.81. The van der Waals surface area contributed by atoms with Crippen LogP contribution >= 0.6 is 0 Å². The second-order valence-electron chi connectivity index (χ2n) is 4.93. The lowest BCUT2D eigenvalue weighted by Crippen LogP contribution is -2.52. The summed E-state index contributed by atoms with van der Waals surface area (Å²) in [6, 6.07) is 2.28. The fourth-order valence-corrected chi connectivity index (χ4v) is 2.88. The highest BCUT2D eigenvalue weighted by atomic mass is 16.2. The summed E-state index contributed by atoms with van der Waals surface area (Å²) in [5.74, 6) is 0.0771. The number of rotatable bonds is 1. The number of fused-ring (bicyclic) bond motifs is 1. The van der Waals surface area contributed by atoms with E-state index in [0.717, 1.165) is 19.6 Å². The number of carbonyl (C=O) groups is 1. The molecule has 5 heteroatoms. The van der Waals surface area contributed by atoms with E-state index >= 15 is 0 Å². The molecule has 1 aromatic rings. The summed E-state index contributed by atoms with van der Waals surface area (Å²) in [7, 11) is 0. The first kappa shape index (κ1) is 10.7. The van der Waals surface area contributed by atoms with E-state index in [-0.39, 0.29) is 5.91 Å². The molecular formula is C12H18N4O. The maximum atomic E-state index is 12.2. The van der Waals surface area contributed by atoms with Gasteiger partial charge in [0.15, 0.2) is 0 Å². The molecule has 3 N–H and O–H groups in total. The number of nitrogens with zero attached hydrogens (tertiary/aromatic N) is 2. The SMILES string of the molecule is Nc1c[nH]c(C(=O)N2CCN3CCCC3C2)c1. The Morgan fingerprint density at radius 2 is 2.29 bits per heavy atom. The van der Waals surface area contributed by atoms with Crippen LogP contribution in [0.25, 0.3) is 0 Å². The molecular weight excluding hydrogens is 216 g/mol. The normalized spacial score (nSPS) is 24.9. The van der Waals surface area contributed by atoms with E-state index < -0.39 is 0 Å². The average Bonchev–Trinajstić information content (AvgIpc) is 2.95. The van der Waals surface area contributed by atoms with Gasteiger partial charge >= 0.3 is 0 Å². The fourth-order valence-electron chi connectivity index (χ4n) is 2.88. The maximum absolute atomic E-state index is 12.2. The first-order chi connectivity index (χ1) is 8.24. The lowest BCUT2D eigenvalue weighted by molar-refractivity contribution is 0.0566. The summed E-state index contributed by atoms with van der Waals surface area (Å²) in [6.07, 6.45) is 4.15. The Labute approximate surface area is 101 Å². The number of nitrogens with one attached hydrogen (secondary N) is 1. The van der Waals surface area contributed by atoms with Crippen molar-refractivity contribution in [3.8, 4) is 0 Å². The Bertz CT molecular complexity index is 428. The second-order valence-corrected chi connectivity index (χ2v) is 4.93. The second kappa shape index (κ2) is 4.07. The Kier molecular flexibility index (Phi) is 2.55. The van der Waals surface area contributed by atoms with Crippen LogP contribution in [0, 0.1) is 0 Å². The number of carbonyl (C=O) groups excluding carboxylic acids is 1. The van der Waals surface area contributed by atoms with Crippen molar-refractivity contribution in [2.45, 2.75) is 18.9 Å². The van der Waals surface area contributed by atoms with Gasteiger partial charge in [-0.1, -0.05) is 0 Å². The predicted octanol–water partition coefficient (Wildman–Crippen LogP) is 0.517. The highest BCUT2D eigenvalue weighted by Crippen LogP contribution is 2.22. The monoisotopic (exact) mass is 234 g/mol. The van der Waals surface area contributed by atoms with Crippen LogP contribution in [0.5, 0.6) is 0 Å². The van der Waals surface area contributed by atoms with Gasteiger partial charge in [-0.3, -0.25) is 9.69 Å². The van der Waals surface area contributed by atoms with Crippen LogP contribution in [0.15, 0.2) is 12.3 Å². The third kappa shape index (κ3) is 1.91. The van der Waals surface area contributed by atoms with Crippen LogP contribution in [0.2, 0.25) is 0 Å². The summed E-state index contributed by atoms with van der Waals surface area (Å²) in [4.78, 5) is 19.6. The smallest absolute Gasteiger partial charge is 0.270 e. The molecule has 0 bridgehead atoms. The van der Waals surface area contributed by atoms with Gasteiger partial charge in [-0.25, -0.2) is 0 Å². The summed E-state index contributed by atoms with van der Waals surface area (Å²) in [5, 5.41) is 0. The lowest BCUT2D eigenvalue weighted by atomic mass is 10.1. The van der Waals surface area contributed by atoms with Crippen LogP contribution in [0.3, 0.4) is 0 Å². The largest absolute Gasteiger partial charge is 0.397 e. The van der Waals surface area contributed by atoms with Gasteiger partial charge in [0.1, 0.15) is 5.69 Å². The number of hydrogen-bond acceptors (Lipinski definition) is 3. The minimum atomic E-state index is 0.0771. The van der Waals surface area contributed by atoms with Crippen LogP contribution in [0.1, 0.15) is 23.3 Å². The average molecular weight is 234 g/mol. The Morgan fingerprint density at radius 3 is 3.06 bits per heavy atom. The molecule has 0 saturated carbocycles. The molecule has 3 heterocycles. The number of hydrogen-bond donors (Lipinski definition) is 2. The molecule has 2 saturated heterocycles. The molecule has 2 aliphatic rings. The number of nitrogen functional groups attached to an aromatic ring is 1. The van der Waals surface area contributed by atoms with Gasteiger partial charge in [0.05, 0.1) is 0 Å². The molecule has 0 aliphatic carbocycles. The highest BCUT2D eigenvalue weighted by Gasteiger charge is 2.32. The number of H-pyrrole nitrogens is 1. The predicted molar refractivity (Wildman–Crippen MR) is 65.7 cm³/mol. The molecule has 1 unspecified atom stereocenters. The molecule has 2 fully saturated rings. The van der Waals surface area contributed by atoms with E-state index in [2.05, 4.69) is 9.88 Å². The van der Waals surface area contributed by atoms with E-state index in [0.29, 0.717) is 17.4 Å². The van der Waals surface area contributed by atoms with Crippen LogP contribution in [0.4, 0.5) is 5.69 Å². The number of piperazine rings is 1. The summed E-state index contributed by atoms with van der Waals surface area (Å²) >= 11 is 0. The molecule has 0 aromatic carbocycles. The zero-order valence-corrected chi connectivity index (χ0v) is 9.85. The van der Waals surface area contributed by atoms with Crippen molar-refractivity contribution in [2.75, 3.05) is 31.9 Å². The molecule has 1 atom stereocenters. The summed E-state index contributed by atoms with van der Waals surface area (Å²) in [6.45, 7) is 3.89. The van der Waals surface area contributed by atoms with Crippen LogP contribution in [-0.4, -0.2) is 52.9 Å². The van der Waals surface area contributed by atoms with Gasteiger partial charge < -0.3 is 15.6 Å². The van der Waals surface area contributed by atoms with E-state index in [9.17, 15) is 4.79 Å². The van der Waals surface area contributed by atoms with Gasteiger partial charge in [0.2, 0.25) is 0 Å². The minimum absolute atomic E-state index is 0.0771. The number of amides is 1. The first-order valence-electron chi connectivity index (χ1n) is 6.21. The van der Waals surface area contributed by atoms with Gasteiger partial charge in [0, 0.05) is 37.6 Å². The fraction of sp³-hybridized carbons (Fsp3) is 0.583. The van der Waals surface area contributed by atoms with Crippen molar-refractivity contribution in [3.05, 3.63) is 18.0 Å². The van der Waals surface area contributed by atoms with Crippen molar-refractivity contribution in [1.29, 1.82) is 0 Å². The Balaban J connectivity index is 1.70. The van der Waals surface area contributed by atoms with E-state index in [4.69, 9.17) is 5.73 Å².